The molecule has 0 aromatic carbocycles. The van der Waals surface area contributed by atoms with E-state index in [9.17, 15) is 0 Å². The summed E-state index contributed by atoms with van der Waals surface area (Å²) < 4.78 is 6.99. The first-order valence-corrected chi connectivity index (χ1v) is 4.95. The number of hydrogen-bond donors (Lipinski definition) is 1. The fraction of sp³-hybridized carbons (Fsp3) is 0.364. The van der Waals surface area contributed by atoms with Crippen LogP contribution in [0, 0.1) is 0 Å². The Balaban J connectivity index is 2.48. The molecule has 80 valence electrons. The molecule has 2 N–H and O–H groups in total. The fourth-order valence-corrected chi connectivity index (χ4v) is 1.72. The number of hydrogen-bond acceptors (Lipinski definition) is 3. The van der Waals surface area contributed by atoms with E-state index in [-0.39, 0.29) is 5.92 Å². The maximum absolute atomic E-state index is 6.02. The number of anilines is 1. The average Bonchev–Trinajstić information content (AvgIpc) is 2.57. The van der Waals surface area contributed by atoms with Crippen molar-refractivity contribution in [3.63, 3.8) is 0 Å². The van der Waals surface area contributed by atoms with E-state index < -0.39 is 0 Å². The summed E-state index contributed by atoms with van der Waals surface area (Å²) in [6.07, 6.45) is 1.92. The Hall–Kier alpha value is -1.55. The van der Waals surface area contributed by atoms with Crippen molar-refractivity contribution in [1.29, 1.82) is 0 Å². The number of nitrogens with two attached hydrogens (primary N) is 1. The third kappa shape index (κ3) is 1.68. The largest absolute Gasteiger partial charge is 0.384 e. The summed E-state index contributed by atoms with van der Waals surface area (Å²) in [5, 5.41) is 0. The first kappa shape index (κ1) is 9.98. The SMILES string of the molecule is COCC(C)c1nc2ccccn2c1N. The highest BCUT2D eigenvalue weighted by Gasteiger charge is 2.14. The lowest BCUT2D eigenvalue weighted by atomic mass is 10.1. The van der Waals surface area contributed by atoms with Crippen LogP contribution < -0.4 is 5.73 Å². The van der Waals surface area contributed by atoms with Crippen LogP contribution in [-0.2, 0) is 4.74 Å². The van der Waals surface area contributed by atoms with Gasteiger partial charge in [-0.3, -0.25) is 4.40 Å². The minimum Gasteiger partial charge on any atom is -0.384 e. The molecule has 1 atom stereocenters. The molecule has 4 heteroatoms. The van der Waals surface area contributed by atoms with Crippen LogP contribution in [-0.4, -0.2) is 23.1 Å². The van der Waals surface area contributed by atoms with Crippen molar-refractivity contribution >= 4 is 11.5 Å². The molecule has 0 aliphatic carbocycles. The average molecular weight is 205 g/mol. The number of nitrogen functional groups attached to an aromatic ring is 1. The molecule has 1 unspecified atom stereocenters. The maximum Gasteiger partial charge on any atom is 0.138 e. The van der Waals surface area contributed by atoms with Crippen LogP contribution in [0.25, 0.3) is 5.65 Å². The summed E-state index contributed by atoms with van der Waals surface area (Å²) in [6, 6.07) is 5.84. The third-order valence-corrected chi connectivity index (χ3v) is 2.48. The Labute approximate surface area is 88.7 Å². The lowest BCUT2D eigenvalue weighted by Crippen LogP contribution is -2.05. The quantitative estimate of drug-likeness (QED) is 0.829. The number of pyridine rings is 1. The van der Waals surface area contributed by atoms with Gasteiger partial charge in [0.1, 0.15) is 11.5 Å². The second-order valence-corrected chi connectivity index (χ2v) is 3.67. The van der Waals surface area contributed by atoms with Crippen molar-refractivity contribution in [2.24, 2.45) is 0 Å². The Bertz CT molecular complexity index is 464. The van der Waals surface area contributed by atoms with Gasteiger partial charge in [-0.05, 0) is 12.1 Å². The van der Waals surface area contributed by atoms with Gasteiger partial charge in [-0.2, -0.15) is 0 Å². The van der Waals surface area contributed by atoms with Gasteiger partial charge < -0.3 is 10.5 Å². The number of ether oxygens (including phenoxy) is 1. The minimum atomic E-state index is 0.217. The number of nitrogens with zero attached hydrogens (tertiary/aromatic N) is 2. The number of imidazole rings is 1. The lowest BCUT2D eigenvalue weighted by molar-refractivity contribution is 0.183. The highest BCUT2D eigenvalue weighted by Crippen LogP contribution is 2.22. The molecule has 0 aliphatic heterocycles. The van der Waals surface area contributed by atoms with Crippen molar-refractivity contribution in [1.82, 2.24) is 9.38 Å². The molecule has 2 rings (SSSR count). The molecule has 0 saturated carbocycles. The van der Waals surface area contributed by atoms with E-state index in [2.05, 4.69) is 11.9 Å². The van der Waals surface area contributed by atoms with E-state index in [1.807, 2.05) is 28.8 Å². The molecule has 15 heavy (non-hydrogen) atoms. The van der Waals surface area contributed by atoms with Crippen LogP contribution in [0.15, 0.2) is 24.4 Å². The molecule has 0 fully saturated rings. The van der Waals surface area contributed by atoms with E-state index in [0.29, 0.717) is 12.4 Å². The summed E-state index contributed by atoms with van der Waals surface area (Å²) in [5.74, 6) is 0.921. The van der Waals surface area contributed by atoms with E-state index in [1.54, 1.807) is 7.11 Å². The molecule has 2 aromatic heterocycles. The normalized spacial score (nSPS) is 13.2. The van der Waals surface area contributed by atoms with Crippen molar-refractivity contribution in [3.05, 3.63) is 30.1 Å². The molecule has 0 radical (unpaired) electrons. The minimum absolute atomic E-state index is 0.217. The van der Waals surface area contributed by atoms with Gasteiger partial charge in [0, 0.05) is 19.2 Å². The summed E-state index contributed by atoms with van der Waals surface area (Å²) in [4.78, 5) is 4.49. The fourth-order valence-electron chi connectivity index (χ4n) is 1.72. The Morgan fingerprint density at radius 1 is 1.53 bits per heavy atom. The van der Waals surface area contributed by atoms with Crippen LogP contribution in [0.2, 0.25) is 0 Å². The molecule has 0 amide bonds. The first-order valence-electron chi connectivity index (χ1n) is 4.95. The maximum atomic E-state index is 6.02. The monoisotopic (exact) mass is 205 g/mol. The number of methoxy groups -OCH3 is 1. The van der Waals surface area contributed by atoms with Gasteiger partial charge in [0.25, 0.3) is 0 Å². The second kappa shape index (κ2) is 3.90. The van der Waals surface area contributed by atoms with Gasteiger partial charge in [0.05, 0.1) is 12.3 Å². The molecule has 2 heterocycles. The van der Waals surface area contributed by atoms with Crippen LogP contribution in [0.4, 0.5) is 5.82 Å². The molecule has 2 aromatic rings. The van der Waals surface area contributed by atoms with Gasteiger partial charge in [-0.1, -0.05) is 13.0 Å². The molecular weight excluding hydrogens is 190 g/mol. The van der Waals surface area contributed by atoms with Gasteiger partial charge in [-0.25, -0.2) is 4.98 Å². The van der Waals surface area contributed by atoms with Crippen molar-refractivity contribution in [2.75, 3.05) is 19.5 Å². The van der Waals surface area contributed by atoms with Crippen molar-refractivity contribution < 1.29 is 4.74 Å². The molecule has 0 spiro atoms. The number of fused-ring (bicyclic) bond motifs is 1. The van der Waals surface area contributed by atoms with Gasteiger partial charge in [0.2, 0.25) is 0 Å². The highest BCUT2D eigenvalue weighted by atomic mass is 16.5. The van der Waals surface area contributed by atoms with E-state index in [1.165, 1.54) is 0 Å². The zero-order chi connectivity index (χ0) is 10.8. The Kier molecular flexibility index (Phi) is 2.60. The van der Waals surface area contributed by atoms with Gasteiger partial charge >= 0.3 is 0 Å². The first-order chi connectivity index (χ1) is 7.24. The number of rotatable bonds is 3. The topological polar surface area (TPSA) is 52.5 Å². The lowest BCUT2D eigenvalue weighted by Gasteiger charge is -2.07. The van der Waals surface area contributed by atoms with Gasteiger partial charge in [-0.15, -0.1) is 0 Å². The van der Waals surface area contributed by atoms with Crippen molar-refractivity contribution in [2.45, 2.75) is 12.8 Å². The van der Waals surface area contributed by atoms with Crippen molar-refractivity contribution in [3.8, 4) is 0 Å². The highest BCUT2D eigenvalue weighted by molar-refractivity contribution is 5.53. The van der Waals surface area contributed by atoms with Crippen LogP contribution in [0.3, 0.4) is 0 Å². The summed E-state index contributed by atoms with van der Waals surface area (Å²) >= 11 is 0. The van der Waals surface area contributed by atoms with E-state index in [4.69, 9.17) is 10.5 Å². The zero-order valence-electron chi connectivity index (χ0n) is 8.97. The Morgan fingerprint density at radius 2 is 2.33 bits per heavy atom. The van der Waals surface area contributed by atoms with E-state index in [0.717, 1.165) is 11.3 Å². The smallest absolute Gasteiger partial charge is 0.138 e. The zero-order valence-corrected chi connectivity index (χ0v) is 8.97. The predicted molar refractivity (Wildman–Crippen MR) is 59.9 cm³/mol. The van der Waals surface area contributed by atoms with Gasteiger partial charge in [0.15, 0.2) is 0 Å². The number of aromatic nitrogens is 2. The molecule has 0 saturated heterocycles. The summed E-state index contributed by atoms with van der Waals surface area (Å²) in [5.41, 5.74) is 7.80. The predicted octanol–water partition coefficient (Wildman–Crippen LogP) is 1.67. The molecule has 0 aliphatic rings. The summed E-state index contributed by atoms with van der Waals surface area (Å²) in [7, 11) is 1.68. The second-order valence-electron chi connectivity index (χ2n) is 3.67. The summed E-state index contributed by atoms with van der Waals surface area (Å²) in [6.45, 7) is 2.69. The van der Waals surface area contributed by atoms with Crippen LogP contribution in [0.1, 0.15) is 18.5 Å². The molecule has 0 bridgehead atoms. The molecule has 4 nitrogen and oxygen atoms in total. The van der Waals surface area contributed by atoms with E-state index >= 15 is 0 Å². The molecular formula is C11H15N3O. The van der Waals surface area contributed by atoms with Crippen LogP contribution >= 0.6 is 0 Å². The third-order valence-electron chi connectivity index (χ3n) is 2.48. The van der Waals surface area contributed by atoms with Crippen LogP contribution in [0.5, 0.6) is 0 Å². The Morgan fingerprint density at radius 3 is 3.00 bits per heavy atom. The standard InChI is InChI=1S/C11H15N3O/c1-8(7-15-2)10-11(12)14-6-4-3-5-9(14)13-10/h3-6,8H,7,12H2,1-2H3.